The van der Waals surface area contributed by atoms with Gasteiger partial charge < -0.3 is 9.59 Å². The highest BCUT2D eigenvalue weighted by molar-refractivity contribution is 4.50. The second-order valence-electron chi connectivity index (χ2n) is 10.5. The van der Waals surface area contributed by atoms with E-state index < -0.39 is 0 Å². The van der Waals surface area contributed by atoms with Crippen LogP contribution in [0.3, 0.4) is 0 Å². The van der Waals surface area contributed by atoms with E-state index in [9.17, 15) is 0 Å². The van der Waals surface area contributed by atoms with Gasteiger partial charge in [-0.15, -0.1) is 0 Å². The van der Waals surface area contributed by atoms with Gasteiger partial charge in [-0.2, -0.15) is 0 Å². The van der Waals surface area contributed by atoms with Crippen molar-refractivity contribution in [3.05, 3.63) is 0 Å². The molecule has 0 saturated heterocycles. The Morgan fingerprint density at radius 2 is 0.667 bits per heavy atom. The smallest absolute Gasteiger partial charge is 0.0782 e. The van der Waals surface area contributed by atoms with Crippen molar-refractivity contribution in [3.63, 3.8) is 0 Å². The molecule has 2 nitrogen and oxygen atoms in total. The van der Waals surface area contributed by atoms with Gasteiger partial charge in [-0.1, -0.05) is 116 Å². The Morgan fingerprint density at radius 1 is 0.400 bits per heavy atom. The van der Waals surface area contributed by atoms with Crippen molar-refractivity contribution in [1.29, 1.82) is 0 Å². The van der Waals surface area contributed by atoms with E-state index in [1.807, 2.05) is 0 Å². The number of rotatable bonds is 25. The third-order valence-corrected chi connectivity index (χ3v) is 6.79. The summed E-state index contributed by atoms with van der Waals surface area (Å²) in [5.41, 5.74) is 0. The Kier molecular flexibility index (Phi) is 23.5. The quantitative estimate of drug-likeness (QED) is 0.114. The maximum Gasteiger partial charge on any atom is 0.0782 e. The number of hydrogen-bond donors (Lipinski definition) is 1. The van der Waals surface area contributed by atoms with Crippen LogP contribution in [0.2, 0.25) is 0 Å². The van der Waals surface area contributed by atoms with Gasteiger partial charge in [0.15, 0.2) is 0 Å². The first-order valence-corrected chi connectivity index (χ1v) is 14.1. The van der Waals surface area contributed by atoms with Gasteiger partial charge in [-0.05, 0) is 32.1 Å². The molecule has 1 N–H and O–H groups in total. The number of quaternary nitrogens is 1. The van der Waals surface area contributed by atoms with Gasteiger partial charge in [-0.3, -0.25) is 0 Å². The highest BCUT2D eigenvalue weighted by Gasteiger charge is 2.13. The van der Waals surface area contributed by atoms with Crippen molar-refractivity contribution in [2.45, 2.75) is 148 Å². The van der Waals surface area contributed by atoms with Crippen LogP contribution in [-0.2, 0) is 0 Å². The molecule has 0 amide bonds. The van der Waals surface area contributed by atoms with Crippen LogP contribution >= 0.6 is 0 Å². The lowest BCUT2D eigenvalue weighted by Crippen LogP contribution is -2.41. The maximum absolute atomic E-state index is 8.77. The monoisotopic (exact) mass is 426 g/mol. The van der Waals surface area contributed by atoms with Crippen LogP contribution in [-0.4, -0.2) is 43.4 Å². The molecule has 0 aromatic rings. The molecule has 0 radical (unpaired) electrons. The van der Waals surface area contributed by atoms with Gasteiger partial charge >= 0.3 is 0 Å². The van der Waals surface area contributed by atoms with E-state index in [1.165, 1.54) is 152 Å². The molecule has 0 saturated carbocycles. The SMILES string of the molecule is CCCCCCCCCCCC[N+](C)(C)CCCCCCCCCCCCCCO. The maximum atomic E-state index is 8.77. The number of aliphatic hydroxyl groups is 1. The van der Waals surface area contributed by atoms with E-state index in [0.29, 0.717) is 6.61 Å². The van der Waals surface area contributed by atoms with Gasteiger partial charge in [0.2, 0.25) is 0 Å². The zero-order chi connectivity index (χ0) is 22.2. The average molecular weight is 427 g/mol. The molecule has 0 fully saturated rings. The van der Waals surface area contributed by atoms with E-state index in [2.05, 4.69) is 21.0 Å². The van der Waals surface area contributed by atoms with Crippen molar-refractivity contribution >= 4 is 0 Å². The van der Waals surface area contributed by atoms with E-state index in [1.54, 1.807) is 0 Å². The van der Waals surface area contributed by atoms with Crippen LogP contribution in [0, 0.1) is 0 Å². The van der Waals surface area contributed by atoms with Gasteiger partial charge in [0.05, 0.1) is 27.2 Å². The van der Waals surface area contributed by atoms with Gasteiger partial charge in [-0.25, -0.2) is 0 Å². The third kappa shape index (κ3) is 24.2. The molecule has 0 heterocycles. The Labute approximate surface area is 191 Å². The largest absolute Gasteiger partial charge is 0.396 e. The number of unbranched alkanes of at least 4 members (excludes halogenated alkanes) is 20. The molecular weight excluding hydrogens is 366 g/mol. The fourth-order valence-corrected chi connectivity index (χ4v) is 4.56. The van der Waals surface area contributed by atoms with E-state index in [0.717, 1.165) is 6.42 Å². The zero-order valence-electron chi connectivity index (χ0n) is 21.6. The van der Waals surface area contributed by atoms with Crippen LogP contribution in [0.5, 0.6) is 0 Å². The molecular formula is C28H60NO+. The van der Waals surface area contributed by atoms with Crippen molar-refractivity contribution in [2.75, 3.05) is 33.8 Å². The van der Waals surface area contributed by atoms with Gasteiger partial charge in [0, 0.05) is 6.61 Å². The van der Waals surface area contributed by atoms with Crippen LogP contribution in [0.1, 0.15) is 148 Å². The molecule has 0 aliphatic rings. The van der Waals surface area contributed by atoms with Gasteiger partial charge in [0.25, 0.3) is 0 Å². The lowest BCUT2D eigenvalue weighted by Gasteiger charge is -2.30. The Bertz CT molecular complexity index is 316. The third-order valence-electron chi connectivity index (χ3n) is 6.79. The van der Waals surface area contributed by atoms with Gasteiger partial charge in [0.1, 0.15) is 0 Å². The second kappa shape index (κ2) is 23.6. The Hall–Kier alpha value is -0.0800. The molecule has 0 unspecified atom stereocenters. The summed E-state index contributed by atoms with van der Waals surface area (Å²) in [6.45, 7) is 5.41. The summed E-state index contributed by atoms with van der Waals surface area (Å²) in [6.07, 6.45) is 30.7. The fourth-order valence-electron chi connectivity index (χ4n) is 4.56. The standard InChI is InChI=1S/C28H60NO/c1-4-5-6-7-8-9-14-17-20-23-26-29(2,3)27-24-21-18-15-12-10-11-13-16-19-22-25-28-30/h30H,4-28H2,1-3H3/q+1. The van der Waals surface area contributed by atoms with Crippen LogP contribution in [0.25, 0.3) is 0 Å². The Morgan fingerprint density at radius 3 is 0.967 bits per heavy atom. The predicted octanol–water partition coefficient (Wildman–Crippen LogP) is 8.66. The molecule has 0 aromatic carbocycles. The second-order valence-corrected chi connectivity index (χ2v) is 10.5. The highest BCUT2D eigenvalue weighted by atomic mass is 16.2. The normalized spacial score (nSPS) is 12.0. The number of aliphatic hydroxyl groups excluding tert-OH is 1. The van der Waals surface area contributed by atoms with E-state index in [4.69, 9.17) is 5.11 Å². The van der Waals surface area contributed by atoms with E-state index in [-0.39, 0.29) is 0 Å². The molecule has 0 aliphatic heterocycles. The van der Waals surface area contributed by atoms with E-state index >= 15 is 0 Å². The average Bonchev–Trinajstić information content (AvgIpc) is 2.72. The summed E-state index contributed by atoms with van der Waals surface area (Å²) < 4.78 is 1.23. The minimum atomic E-state index is 0.370. The first kappa shape index (κ1) is 29.9. The van der Waals surface area contributed by atoms with Crippen LogP contribution in [0.4, 0.5) is 0 Å². The fraction of sp³-hybridized carbons (Fsp3) is 1.00. The minimum Gasteiger partial charge on any atom is -0.396 e. The lowest BCUT2D eigenvalue weighted by molar-refractivity contribution is -0.890. The molecule has 182 valence electrons. The van der Waals surface area contributed by atoms with Crippen LogP contribution < -0.4 is 0 Å². The summed E-state index contributed by atoms with van der Waals surface area (Å²) in [5.74, 6) is 0. The summed E-state index contributed by atoms with van der Waals surface area (Å²) >= 11 is 0. The first-order valence-electron chi connectivity index (χ1n) is 14.1. The van der Waals surface area contributed by atoms with Crippen molar-refractivity contribution in [1.82, 2.24) is 0 Å². The van der Waals surface area contributed by atoms with Crippen molar-refractivity contribution in [2.24, 2.45) is 0 Å². The zero-order valence-corrected chi connectivity index (χ0v) is 21.6. The van der Waals surface area contributed by atoms with Crippen molar-refractivity contribution in [3.8, 4) is 0 Å². The molecule has 0 spiro atoms. The molecule has 0 aliphatic carbocycles. The topological polar surface area (TPSA) is 20.2 Å². The lowest BCUT2D eigenvalue weighted by atomic mass is 10.0. The summed E-state index contributed by atoms with van der Waals surface area (Å²) in [6, 6.07) is 0. The minimum absolute atomic E-state index is 0.370. The summed E-state index contributed by atoms with van der Waals surface area (Å²) in [5, 5.41) is 8.77. The van der Waals surface area contributed by atoms with Crippen molar-refractivity contribution < 1.29 is 9.59 Å². The number of hydrogen-bond acceptors (Lipinski definition) is 1. The summed E-state index contributed by atoms with van der Waals surface area (Å²) in [4.78, 5) is 0. The Balaban J connectivity index is 3.29. The molecule has 0 bridgehead atoms. The highest BCUT2D eigenvalue weighted by Crippen LogP contribution is 2.14. The molecule has 0 rings (SSSR count). The molecule has 0 atom stereocenters. The summed E-state index contributed by atoms with van der Waals surface area (Å²) in [7, 11) is 4.88. The van der Waals surface area contributed by atoms with Crippen LogP contribution in [0.15, 0.2) is 0 Å². The first-order chi connectivity index (χ1) is 14.6. The predicted molar refractivity (Wildman–Crippen MR) is 136 cm³/mol. The number of nitrogens with zero attached hydrogens (tertiary/aromatic N) is 1. The molecule has 2 heteroatoms. The molecule has 30 heavy (non-hydrogen) atoms. The molecule has 0 aromatic heterocycles.